The van der Waals surface area contributed by atoms with Gasteiger partial charge in [-0.05, 0) is 48.4 Å². The smallest absolute Gasteiger partial charge is 0.339 e. The van der Waals surface area contributed by atoms with Crippen LogP contribution in [0.2, 0.25) is 0 Å². The van der Waals surface area contributed by atoms with E-state index in [1.165, 1.54) is 29.2 Å². The Morgan fingerprint density at radius 1 is 1.19 bits per heavy atom. The second-order valence-corrected chi connectivity index (χ2v) is 8.25. The highest BCUT2D eigenvalue weighted by atomic mass is 32.2. The summed E-state index contributed by atoms with van der Waals surface area (Å²) < 4.78 is 13.4. The first-order valence-electron chi connectivity index (χ1n) is 9.11. The lowest BCUT2D eigenvalue weighted by Crippen LogP contribution is -2.29. The molecule has 31 heavy (non-hydrogen) atoms. The van der Waals surface area contributed by atoms with Gasteiger partial charge < -0.3 is 15.5 Å². The van der Waals surface area contributed by atoms with Crippen LogP contribution >= 0.6 is 24.0 Å². The van der Waals surface area contributed by atoms with Crippen LogP contribution in [0.25, 0.3) is 6.08 Å². The van der Waals surface area contributed by atoms with Crippen molar-refractivity contribution >= 4 is 57.8 Å². The molecular formula is C21H17FN2O5S2. The fraction of sp³-hybridized carbons (Fsp3) is 0.143. The van der Waals surface area contributed by atoms with Crippen molar-refractivity contribution in [3.05, 3.63) is 64.3 Å². The van der Waals surface area contributed by atoms with E-state index < -0.39 is 11.7 Å². The predicted molar refractivity (Wildman–Crippen MR) is 119 cm³/mol. The molecule has 10 heteroatoms. The number of thioether (sulfide) groups is 1. The largest absolute Gasteiger partial charge is 0.507 e. The Morgan fingerprint density at radius 2 is 1.90 bits per heavy atom. The van der Waals surface area contributed by atoms with E-state index in [2.05, 4.69) is 5.32 Å². The molecule has 2 aromatic rings. The maximum atomic E-state index is 13.0. The number of nitrogens with zero attached hydrogens (tertiary/aromatic N) is 1. The van der Waals surface area contributed by atoms with Crippen LogP contribution in [-0.2, 0) is 9.59 Å². The highest BCUT2D eigenvalue weighted by Gasteiger charge is 2.31. The number of anilines is 1. The Bertz CT molecular complexity index is 1090. The van der Waals surface area contributed by atoms with Gasteiger partial charge in [-0.1, -0.05) is 36.1 Å². The molecule has 7 nitrogen and oxygen atoms in total. The molecule has 1 aliphatic heterocycles. The number of halogens is 1. The fourth-order valence-electron chi connectivity index (χ4n) is 2.81. The number of carbonyl (C=O) groups excluding carboxylic acids is 2. The Kier molecular flexibility index (Phi) is 7.03. The lowest BCUT2D eigenvalue weighted by atomic mass is 10.1. The van der Waals surface area contributed by atoms with Gasteiger partial charge in [-0.2, -0.15) is 0 Å². The fourth-order valence-corrected chi connectivity index (χ4v) is 4.12. The molecule has 0 unspecified atom stereocenters. The quantitative estimate of drug-likeness (QED) is 0.327. The van der Waals surface area contributed by atoms with Gasteiger partial charge in [0, 0.05) is 18.7 Å². The van der Waals surface area contributed by atoms with Crippen molar-refractivity contribution in [1.82, 2.24) is 4.90 Å². The molecule has 2 aromatic carbocycles. The van der Waals surface area contributed by atoms with Gasteiger partial charge in [0.2, 0.25) is 5.91 Å². The van der Waals surface area contributed by atoms with E-state index in [1.807, 2.05) is 0 Å². The topological polar surface area (TPSA) is 107 Å². The number of benzene rings is 2. The molecule has 0 atom stereocenters. The third-order valence-corrected chi connectivity index (χ3v) is 5.72. The number of thiocarbonyl (C=S) groups is 1. The van der Waals surface area contributed by atoms with Gasteiger partial charge >= 0.3 is 5.97 Å². The van der Waals surface area contributed by atoms with Gasteiger partial charge in [0.05, 0.1) is 4.91 Å². The van der Waals surface area contributed by atoms with E-state index in [1.54, 1.807) is 18.2 Å². The molecule has 1 heterocycles. The molecule has 0 radical (unpaired) electrons. The second-order valence-electron chi connectivity index (χ2n) is 6.57. The van der Waals surface area contributed by atoms with E-state index >= 15 is 0 Å². The summed E-state index contributed by atoms with van der Waals surface area (Å²) >= 11 is 6.40. The Hall–Kier alpha value is -3.24. The Morgan fingerprint density at radius 3 is 2.58 bits per heavy atom. The Labute approximate surface area is 186 Å². The number of carbonyl (C=O) groups is 3. The first-order chi connectivity index (χ1) is 14.7. The normalized spacial score (nSPS) is 14.9. The number of rotatable bonds is 7. The first-order valence-corrected chi connectivity index (χ1v) is 10.3. The zero-order valence-electron chi connectivity index (χ0n) is 16.0. The van der Waals surface area contributed by atoms with Crippen LogP contribution in [0.3, 0.4) is 0 Å². The first kappa shape index (κ1) is 22.4. The van der Waals surface area contributed by atoms with E-state index in [0.29, 0.717) is 21.2 Å². The summed E-state index contributed by atoms with van der Waals surface area (Å²) in [6.45, 7) is 0.245. The van der Waals surface area contributed by atoms with Crippen molar-refractivity contribution in [2.45, 2.75) is 12.8 Å². The van der Waals surface area contributed by atoms with Crippen LogP contribution in [0.4, 0.5) is 10.1 Å². The van der Waals surface area contributed by atoms with Gasteiger partial charge in [-0.15, -0.1) is 0 Å². The SMILES string of the molecule is O=C(CCCN1C(=O)C(=Cc2ccc(F)cc2)SC1=S)Nc1ccc(O)c(C(=O)O)c1. The minimum Gasteiger partial charge on any atom is -0.507 e. The lowest BCUT2D eigenvalue weighted by Gasteiger charge is -2.14. The third kappa shape index (κ3) is 5.68. The van der Waals surface area contributed by atoms with Gasteiger partial charge in [0.1, 0.15) is 21.5 Å². The number of carboxylic acid groups (broad SMARTS) is 1. The number of carboxylic acids is 1. The molecule has 160 valence electrons. The molecule has 0 bridgehead atoms. The average Bonchev–Trinajstić information content (AvgIpc) is 2.98. The van der Waals surface area contributed by atoms with Crippen LogP contribution in [0.15, 0.2) is 47.4 Å². The summed E-state index contributed by atoms with van der Waals surface area (Å²) in [6.07, 6.45) is 2.06. The number of nitrogens with one attached hydrogen (secondary N) is 1. The molecule has 0 aliphatic carbocycles. The molecule has 3 N–H and O–H groups in total. The monoisotopic (exact) mass is 460 g/mol. The van der Waals surface area contributed by atoms with Gasteiger partial charge in [0.25, 0.3) is 5.91 Å². The number of aromatic hydroxyl groups is 1. The maximum Gasteiger partial charge on any atom is 0.339 e. The molecule has 1 saturated heterocycles. The van der Waals surface area contributed by atoms with Gasteiger partial charge in [-0.3, -0.25) is 14.5 Å². The summed E-state index contributed by atoms with van der Waals surface area (Å²) in [5.74, 6) is -2.71. The number of phenols is 1. The van der Waals surface area contributed by atoms with E-state index in [9.17, 15) is 23.9 Å². The molecule has 0 aromatic heterocycles. The summed E-state index contributed by atoms with van der Waals surface area (Å²) in [7, 11) is 0. The van der Waals surface area contributed by atoms with E-state index in [4.69, 9.17) is 17.3 Å². The molecule has 2 amide bonds. The van der Waals surface area contributed by atoms with Crippen LogP contribution in [0.5, 0.6) is 5.75 Å². The molecule has 1 fully saturated rings. The molecule has 0 saturated carbocycles. The van der Waals surface area contributed by atoms with E-state index in [0.717, 1.165) is 17.8 Å². The van der Waals surface area contributed by atoms with Crippen molar-refractivity contribution in [2.24, 2.45) is 0 Å². The molecular weight excluding hydrogens is 443 g/mol. The van der Waals surface area contributed by atoms with Crippen LogP contribution in [0, 0.1) is 5.82 Å². The summed E-state index contributed by atoms with van der Waals surface area (Å²) in [6, 6.07) is 9.47. The van der Waals surface area contributed by atoms with Crippen molar-refractivity contribution in [2.75, 3.05) is 11.9 Å². The highest BCUT2D eigenvalue weighted by molar-refractivity contribution is 8.26. The minimum absolute atomic E-state index is 0.0807. The lowest BCUT2D eigenvalue weighted by molar-refractivity contribution is -0.122. The molecule has 3 rings (SSSR count). The highest BCUT2D eigenvalue weighted by Crippen LogP contribution is 2.32. The van der Waals surface area contributed by atoms with Gasteiger partial charge in [0.15, 0.2) is 0 Å². The summed E-state index contributed by atoms with van der Waals surface area (Å²) in [5.41, 5.74) is 0.604. The van der Waals surface area contributed by atoms with Crippen molar-refractivity contribution in [3.8, 4) is 5.75 Å². The third-order valence-electron chi connectivity index (χ3n) is 4.34. The van der Waals surface area contributed by atoms with Gasteiger partial charge in [-0.25, -0.2) is 9.18 Å². The van der Waals surface area contributed by atoms with Crippen LogP contribution in [-0.4, -0.2) is 43.8 Å². The summed E-state index contributed by atoms with van der Waals surface area (Å²) in [4.78, 5) is 37.6. The average molecular weight is 461 g/mol. The minimum atomic E-state index is -1.31. The molecule has 1 aliphatic rings. The predicted octanol–water partition coefficient (Wildman–Crippen LogP) is 3.85. The van der Waals surface area contributed by atoms with Crippen molar-refractivity contribution < 1.29 is 29.0 Å². The van der Waals surface area contributed by atoms with Crippen molar-refractivity contribution in [1.29, 1.82) is 0 Å². The standard InChI is InChI=1S/C21H17FN2O5S2/c22-13-5-3-12(4-6-13)10-17-19(27)24(21(30)31-17)9-1-2-18(26)23-14-7-8-16(25)15(11-14)20(28)29/h3-8,10-11,25H,1-2,9H2,(H,23,26)(H,28,29). The number of amides is 2. The number of aromatic carboxylic acids is 1. The van der Waals surface area contributed by atoms with E-state index in [-0.39, 0.29) is 41.8 Å². The van der Waals surface area contributed by atoms with Crippen LogP contribution < -0.4 is 5.32 Å². The Balaban J connectivity index is 1.54. The summed E-state index contributed by atoms with van der Waals surface area (Å²) in [5, 5.41) is 21.1. The maximum absolute atomic E-state index is 13.0. The number of hydrogen-bond donors (Lipinski definition) is 3. The zero-order valence-corrected chi connectivity index (χ0v) is 17.6. The number of hydrogen-bond acceptors (Lipinski definition) is 6. The van der Waals surface area contributed by atoms with Crippen molar-refractivity contribution in [3.63, 3.8) is 0 Å². The second kappa shape index (κ2) is 9.71. The molecule has 0 spiro atoms. The zero-order chi connectivity index (χ0) is 22.5. The van der Waals surface area contributed by atoms with Crippen LogP contribution in [0.1, 0.15) is 28.8 Å².